The zero-order chi connectivity index (χ0) is 20.0. The minimum atomic E-state index is -0.915. The predicted octanol–water partition coefficient (Wildman–Crippen LogP) is 5.46. The molecule has 5 rings (SSSR count). The Kier molecular flexibility index (Phi) is 4.23. The number of fused-ring (bicyclic) bond motifs is 2. The number of hydrogen-bond donors (Lipinski definition) is 2. The van der Waals surface area contributed by atoms with Gasteiger partial charge in [-0.2, -0.15) is 0 Å². The summed E-state index contributed by atoms with van der Waals surface area (Å²) in [7, 11) is 0. The van der Waals surface area contributed by atoms with E-state index < -0.39 is 5.97 Å². The third-order valence-corrected chi connectivity index (χ3v) is 5.98. The van der Waals surface area contributed by atoms with Crippen LogP contribution in [0.2, 0.25) is 0 Å². The molecule has 2 N–H and O–H groups in total. The summed E-state index contributed by atoms with van der Waals surface area (Å²) in [4.78, 5) is 22.1. The van der Waals surface area contributed by atoms with E-state index in [4.69, 9.17) is 4.98 Å². The van der Waals surface area contributed by atoms with Gasteiger partial charge in [-0.15, -0.1) is 0 Å². The lowest BCUT2D eigenvalue weighted by Crippen LogP contribution is -2.37. The molecule has 3 heterocycles. The largest absolute Gasteiger partial charge is 0.478 e. The standard InChI is InChI=1S/C24H23N3O2/c1-15-4-2-3-11-27(15)22-14-19-13-18(24(28)29)6-8-21(19)26-23(22)17-5-7-20-16(12-17)9-10-25-20/h5-10,12-15,25H,2-4,11H2,1H3,(H,28,29)/t15-/m0/s1. The Hall–Kier alpha value is -3.34. The highest BCUT2D eigenvalue weighted by molar-refractivity contribution is 5.97. The third-order valence-electron chi connectivity index (χ3n) is 5.98. The number of nitrogens with zero attached hydrogens (tertiary/aromatic N) is 2. The van der Waals surface area contributed by atoms with Gasteiger partial charge in [-0.25, -0.2) is 9.78 Å². The van der Waals surface area contributed by atoms with Crippen LogP contribution in [0.4, 0.5) is 5.69 Å². The van der Waals surface area contributed by atoms with E-state index in [0.29, 0.717) is 11.6 Å². The van der Waals surface area contributed by atoms with Crippen molar-refractivity contribution >= 4 is 33.5 Å². The second-order valence-corrected chi connectivity index (χ2v) is 7.89. The number of piperidine rings is 1. The maximum Gasteiger partial charge on any atom is 0.335 e. The predicted molar refractivity (Wildman–Crippen MR) is 117 cm³/mol. The first-order chi connectivity index (χ1) is 14.1. The van der Waals surface area contributed by atoms with Gasteiger partial charge in [0, 0.05) is 40.6 Å². The molecule has 0 spiro atoms. The second-order valence-electron chi connectivity index (χ2n) is 7.89. The lowest BCUT2D eigenvalue weighted by molar-refractivity contribution is 0.0697. The van der Waals surface area contributed by atoms with Gasteiger partial charge in [0.2, 0.25) is 0 Å². The maximum absolute atomic E-state index is 11.4. The molecule has 1 fully saturated rings. The smallest absolute Gasteiger partial charge is 0.335 e. The first kappa shape index (κ1) is 17.7. The Balaban J connectivity index is 1.74. The number of anilines is 1. The lowest BCUT2D eigenvalue weighted by atomic mass is 9.99. The van der Waals surface area contributed by atoms with Crippen LogP contribution in [-0.2, 0) is 0 Å². The minimum absolute atomic E-state index is 0.290. The van der Waals surface area contributed by atoms with Gasteiger partial charge in [0.05, 0.1) is 22.5 Å². The molecule has 1 saturated heterocycles. The van der Waals surface area contributed by atoms with Gasteiger partial charge >= 0.3 is 5.97 Å². The van der Waals surface area contributed by atoms with E-state index in [9.17, 15) is 9.90 Å². The summed E-state index contributed by atoms with van der Waals surface area (Å²) in [6, 6.07) is 16.1. The van der Waals surface area contributed by atoms with Crippen molar-refractivity contribution in [2.45, 2.75) is 32.2 Å². The van der Waals surface area contributed by atoms with Crippen LogP contribution in [0.1, 0.15) is 36.5 Å². The topological polar surface area (TPSA) is 69.2 Å². The molecule has 5 heteroatoms. The van der Waals surface area contributed by atoms with E-state index >= 15 is 0 Å². The fraction of sp³-hybridized carbons (Fsp3) is 0.250. The van der Waals surface area contributed by atoms with Crippen LogP contribution >= 0.6 is 0 Å². The van der Waals surface area contributed by atoms with Gasteiger partial charge in [-0.1, -0.05) is 6.07 Å². The van der Waals surface area contributed by atoms with Crippen LogP contribution in [0, 0.1) is 0 Å². The monoisotopic (exact) mass is 385 g/mol. The van der Waals surface area contributed by atoms with Crippen LogP contribution in [0.15, 0.2) is 54.7 Å². The third kappa shape index (κ3) is 3.12. The first-order valence-corrected chi connectivity index (χ1v) is 10.1. The molecular weight excluding hydrogens is 362 g/mol. The highest BCUT2D eigenvalue weighted by atomic mass is 16.4. The number of H-pyrrole nitrogens is 1. The number of aromatic carboxylic acids is 1. The summed E-state index contributed by atoms with van der Waals surface area (Å²) in [6.45, 7) is 3.25. The number of benzene rings is 2. The zero-order valence-electron chi connectivity index (χ0n) is 16.4. The Bertz CT molecular complexity index is 1230. The summed E-state index contributed by atoms with van der Waals surface area (Å²) in [5.41, 5.74) is 5.33. The van der Waals surface area contributed by atoms with Gasteiger partial charge in [0.15, 0.2) is 0 Å². The van der Waals surface area contributed by atoms with E-state index in [1.54, 1.807) is 18.2 Å². The van der Waals surface area contributed by atoms with Crippen molar-refractivity contribution in [2.75, 3.05) is 11.4 Å². The summed E-state index contributed by atoms with van der Waals surface area (Å²) in [6.07, 6.45) is 5.51. The molecule has 5 nitrogen and oxygen atoms in total. The zero-order valence-corrected chi connectivity index (χ0v) is 16.4. The molecule has 29 heavy (non-hydrogen) atoms. The van der Waals surface area contributed by atoms with Crippen LogP contribution in [0.25, 0.3) is 33.1 Å². The van der Waals surface area contributed by atoms with E-state index in [1.165, 1.54) is 6.42 Å². The molecule has 0 amide bonds. The molecule has 146 valence electrons. The van der Waals surface area contributed by atoms with Gasteiger partial charge < -0.3 is 15.0 Å². The maximum atomic E-state index is 11.4. The van der Waals surface area contributed by atoms with Crippen molar-refractivity contribution in [1.82, 2.24) is 9.97 Å². The number of pyridine rings is 1. The summed E-state index contributed by atoms with van der Waals surface area (Å²) in [5, 5.41) is 11.4. The number of carbonyl (C=O) groups is 1. The molecular formula is C24H23N3O2. The van der Waals surface area contributed by atoms with Gasteiger partial charge in [0.1, 0.15) is 0 Å². The normalized spacial score (nSPS) is 17.1. The number of nitrogens with one attached hydrogen (secondary N) is 1. The second kappa shape index (κ2) is 6.92. The SMILES string of the molecule is C[C@H]1CCCCN1c1cc2cc(C(=O)O)ccc2nc1-c1ccc2[nH]ccc2c1. The summed E-state index contributed by atoms with van der Waals surface area (Å²) >= 11 is 0. The van der Waals surface area contributed by atoms with Crippen molar-refractivity contribution in [3.05, 3.63) is 60.3 Å². The van der Waals surface area contributed by atoms with Crippen LogP contribution < -0.4 is 4.90 Å². The van der Waals surface area contributed by atoms with Crippen molar-refractivity contribution in [2.24, 2.45) is 0 Å². The fourth-order valence-electron chi connectivity index (χ4n) is 4.39. The molecule has 1 aliphatic heterocycles. The Morgan fingerprint density at radius 3 is 2.83 bits per heavy atom. The quantitative estimate of drug-likeness (QED) is 0.491. The molecule has 0 bridgehead atoms. The van der Waals surface area contributed by atoms with Crippen molar-refractivity contribution < 1.29 is 9.90 Å². The first-order valence-electron chi connectivity index (χ1n) is 10.1. The molecule has 1 atom stereocenters. The average Bonchev–Trinajstić information content (AvgIpc) is 3.20. The highest BCUT2D eigenvalue weighted by Crippen LogP contribution is 2.37. The Morgan fingerprint density at radius 2 is 2.00 bits per heavy atom. The number of aromatic nitrogens is 2. The van der Waals surface area contributed by atoms with E-state index in [-0.39, 0.29) is 0 Å². The van der Waals surface area contributed by atoms with Crippen LogP contribution in [0.5, 0.6) is 0 Å². The number of carboxylic acids is 1. The van der Waals surface area contributed by atoms with Gasteiger partial charge in [-0.05, 0) is 68.7 Å². The Labute approximate surface area is 169 Å². The van der Waals surface area contributed by atoms with E-state index in [0.717, 1.165) is 58.1 Å². The molecule has 0 unspecified atom stereocenters. The van der Waals surface area contributed by atoms with Crippen LogP contribution in [0.3, 0.4) is 0 Å². The number of rotatable bonds is 3. The fourth-order valence-corrected chi connectivity index (χ4v) is 4.39. The number of aromatic amines is 1. The molecule has 0 radical (unpaired) electrons. The molecule has 1 aliphatic rings. The number of carboxylic acid groups (broad SMARTS) is 1. The molecule has 0 saturated carbocycles. The Morgan fingerprint density at radius 1 is 1.10 bits per heavy atom. The van der Waals surface area contributed by atoms with E-state index in [1.807, 2.05) is 6.20 Å². The molecule has 0 aliphatic carbocycles. The molecule has 2 aromatic heterocycles. The molecule has 2 aromatic carbocycles. The van der Waals surface area contributed by atoms with Gasteiger partial charge in [-0.3, -0.25) is 0 Å². The van der Waals surface area contributed by atoms with Gasteiger partial charge in [0.25, 0.3) is 0 Å². The van der Waals surface area contributed by atoms with Crippen LogP contribution in [-0.4, -0.2) is 33.6 Å². The van der Waals surface area contributed by atoms with Crippen molar-refractivity contribution in [1.29, 1.82) is 0 Å². The average molecular weight is 385 g/mol. The highest BCUT2D eigenvalue weighted by Gasteiger charge is 2.23. The molecule has 4 aromatic rings. The number of hydrogen-bond acceptors (Lipinski definition) is 3. The summed E-state index contributed by atoms with van der Waals surface area (Å²) < 4.78 is 0. The van der Waals surface area contributed by atoms with Crippen molar-refractivity contribution in [3.8, 4) is 11.3 Å². The summed E-state index contributed by atoms with van der Waals surface area (Å²) in [5.74, 6) is -0.915. The van der Waals surface area contributed by atoms with Crippen molar-refractivity contribution in [3.63, 3.8) is 0 Å². The minimum Gasteiger partial charge on any atom is -0.478 e. The lowest BCUT2D eigenvalue weighted by Gasteiger charge is -2.36. The van der Waals surface area contributed by atoms with E-state index in [2.05, 4.69) is 47.1 Å².